The Balaban J connectivity index is 3.36. The van der Waals surface area contributed by atoms with Gasteiger partial charge in [0.15, 0.2) is 0 Å². The molecule has 0 heterocycles. The first-order valence-electron chi connectivity index (χ1n) is 38.7. The first kappa shape index (κ1) is 83.1. The molecule has 0 aromatic carbocycles. The van der Waals surface area contributed by atoms with E-state index in [1.165, 1.54) is 347 Å². The van der Waals surface area contributed by atoms with Crippen LogP contribution in [0.1, 0.15) is 431 Å². The standard InChI is InChI=1S/C79H151NO5/c1-3-5-7-9-11-13-15-17-19-20-21-35-38-41-44-47-51-55-59-63-67-71-77(82)76(75-81)80-78(83)72-68-64-60-56-52-48-45-42-39-36-33-31-29-27-25-23-22-24-26-28-30-32-34-37-40-43-46-50-54-58-62-66-70-74-85-79(84)73-69-65-61-57-53-49-18-16-14-12-10-8-6-4-2/h10,12,16,18,26,28,76-77,81-82H,3-9,11,13-15,17,19-25,27,29-75H2,1-2H3,(H,80,83)/b12-10-,18-16-,28-26-. The highest BCUT2D eigenvalue weighted by molar-refractivity contribution is 5.76. The molecule has 0 rings (SSSR count). The minimum absolute atomic E-state index is 0.00459. The molecule has 0 bridgehead atoms. The van der Waals surface area contributed by atoms with E-state index in [9.17, 15) is 19.8 Å². The number of ether oxygens (including phenoxy) is 1. The topological polar surface area (TPSA) is 95.9 Å². The Morgan fingerprint density at radius 2 is 0.600 bits per heavy atom. The number of nitrogens with one attached hydrogen (secondary N) is 1. The van der Waals surface area contributed by atoms with Crippen LogP contribution >= 0.6 is 0 Å². The summed E-state index contributed by atoms with van der Waals surface area (Å²) in [6.45, 7) is 4.95. The van der Waals surface area contributed by atoms with Crippen molar-refractivity contribution in [3.05, 3.63) is 36.5 Å². The van der Waals surface area contributed by atoms with Crippen LogP contribution in [0.5, 0.6) is 0 Å². The van der Waals surface area contributed by atoms with Crippen molar-refractivity contribution in [2.75, 3.05) is 13.2 Å². The maximum Gasteiger partial charge on any atom is 0.305 e. The zero-order valence-corrected chi connectivity index (χ0v) is 57.6. The quantitative estimate of drug-likeness (QED) is 0.0320. The molecule has 0 saturated heterocycles. The lowest BCUT2D eigenvalue weighted by Gasteiger charge is -2.22. The summed E-state index contributed by atoms with van der Waals surface area (Å²) in [4.78, 5) is 24.6. The molecule has 6 nitrogen and oxygen atoms in total. The molecular formula is C79H151NO5. The number of rotatable bonds is 73. The number of hydrogen-bond donors (Lipinski definition) is 3. The zero-order valence-electron chi connectivity index (χ0n) is 57.6. The lowest BCUT2D eigenvalue weighted by Crippen LogP contribution is -2.45. The van der Waals surface area contributed by atoms with Gasteiger partial charge in [-0.25, -0.2) is 0 Å². The summed E-state index contributed by atoms with van der Waals surface area (Å²) in [7, 11) is 0. The Bertz CT molecular complexity index is 1380. The van der Waals surface area contributed by atoms with Crippen LogP contribution in [-0.2, 0) is 14.3 Å². The van der Waals surface area contributed by atoms with Crippen molar-refractivity contribution < 1.29 is 24.5 Å². The van der Waals surface area contributed by atoms with Crippen LogP contribution in [0.25, 0.3) is 0 Å². The van der Waals surface area contributed by atoms with E-state index in [4.69, 9.17) is 4.74 Å². The molecule has 3 N–H and O–H groups in total. The lowest BCUT2D eigenvalue weighted by atomic mass is 10.0. The zero-order chi connectivity index (χ0) is 61.3. The molecule has 0 aliphatic rings. The van der Waals surface area contributed by atoms with E-state index in [2.05, 4.69) is 55.6 Å². The Hall–Kier alpha value is -1.92. The molecule has 2 atom stereocenters. The Morgan fingerprint density at radius 3 is 0.941 bits per heavy atom. The van der Waals surface area contributed by atoms with Gasteiger partial charge < -0.3 is 20.3 Å². The van der Waals surface area contributed by atoms with Crippen LogP contribution in [-0.4, -0.2) is 47.4 Å². The van der Waals surface area contributed by atoms with Crippen molar-refractivity contribution in [1.29, 1.82) is 0 Å². The Kier molecular flexibility index (Phi) is 72.9. The highest BCUT2D eigenvalue weighted by Gasteiger charge is 2.20. The van der Waals surface area contributed by atoms with Crippen molar-refractivity contribution in [3.8, 4) is 0 Å². The Morgan fingerprint density at radius 1 is 0.329 bits per heavy atom. The number of allylic oxidation sites excluding steroid dienone is 6. The lowest BCUT2D eigenvalue weighted by molar-refractivity contribution is -0.143. The molecule has 0 saturated carbocycles. The first-order chi connectivity index (χ1) is 42.0. The van der Waals surface area contributed by atoms with E-state index in [1.54, 1.807) is 0 Å². The third-order valence-corrected chi connectivity index (χ3v) is 18.2. The van der Waals surface area contributed by atoms with E-state index < -0.39 is 12.1 Å². The first-order valence-corrected chi connectivity index (χ1v) is 38.7. The van der Waals surface area contributed by atoms with Crippen LogP contribution < -0.4 is 5.32 Å². The maximum absolute atomic E-state index is 12.6. The van der Waals surface area contributed by atoms with Crippen LogP contribution in [0.4, 0.5) is 0 Å². The molecule has 0 fully saturated rings. The number of carbonyl (C=O) groups excluding carboxylic acids is 2. The number of aliphatic hydroxyl groups is 2. The Labute approximate surface area is 532 Å². The molecule has 0 aromatic heterocycles. The minimum atomic E-state index is -0.663. The molecule has 85 heavy (non-hydrogen) atoms. The van der Waals surface area contributed by atoms with Crippen molar-refractivity contribution in [2.45, 2.75) is 443 Å². The summed E-state index contributed by atoms with van der Waals surface area (Å²) in [5.74, 6) is -0.0225. The molecule has 1 amide bonds. The van der Waals surface area contributed by atoms with Gasteiger partial charge in [-0.1, -0.05) is 378 Å². The molecule has 0 aromatic rings. The smallest absolute Gasteiger partial charge is 0.305 e. The molecule has 502 valence electrons. The van der Waals surface area contributed by atoms with Crippen molar-refractivity contribution in [3.63, 3.8) is 0 Å². The second-order valence-electron chi connectivity index (χ2n) is 26.7. The van der Waals surface area contributed by atoms with Crippen molar-refractivity contribution >= 4 is 11.9 Å². The third-order valence-electron chi connectivity index (χ3n) is 18.2. The molecule has 0 radical (unpaired) electrons. The SMILES string of the molecule is CCCC/C=C\C/C=C\CCCCCCCC(=O)OCCCCCCCCCCCCCC/C=C\CCCCCCCCCCCCCCCCCCCC(=O)NC(CO)C(O)CCCCCCCCCCCCCCCCCCCCCCC. The second-order valence-corrected chi connectivity index (χ2v) is 26.7. The highest BCUT2D eigenvalue weighted by Crippen LogP contribution is 2.20. The van der Waals surface area contributed by atoms with Gasteiger partial charge >= 0.3 is 5.97 Å². The van der Waals surface area contributed by atoms with Crippen LogP contribution in [0.15, 0.2) is 36.5 Å². The van der Waals surface area contributed by atoms with Gasteiger partial charge in [-0.05, 0) is 77.0 Å². The van der Waals surface area contributed by atoms with Gasteiger partial charge in [-0.3, -0.25) is 9.59 Å². The summed E-state index contributed by atoms with van der Waals surface area (Å²) in [6, 6.07) is -0.540. The largest absolute Gasteiger partial charge is 0.466 e. The van der Waals surface area contributed by atoms with Crippen molar-refractivity contribution in [2.24, 2.45) is 0 Å². The second kappa shape index (κ2) is 74.5. The normalized spacial score (nSPS) is 12.7. The summed E-state index contributed by atoms with van der Waals surface area (Å²) in [5.41, 5.74) is 0. The van der Waals surface area contributed by atoms with Gasteiger partial charge in [0.1, 0.15) is 0 Å². The highest BCUT2D eigenvalue weighted by atomic mass is 16.5. The summed E-state index contributed by atoms with van der Waals surface area (Å²) in [5, 5.41) is 23.4. The molecule has 6 heteroatoms. The van der Waals surface area contributed by atoms with Crippen molar-refractivity contribution in [1.82, 2.24) is 5.32 Å². The van der Waals surface area contributed by atoms with Gasteiger partial charge in [0.25, 0.3) is 0 Å². The fraction of sp³-hybridized carbons (Fsp3) is 0.899. The minimum Gasteiger partial charge on any atom is -0.466 e. The fourth-order valence-electron chi connectivity index (χ4n) is 12.2. The molecular weight excluding hydrogens is 1040 g/mol. The number of carbonyl (C=O) groups is 2. The van der Waals surface area contributed by atoms with Gasteiger partial charge in [0, 0.05) is 12.8 Å². The maximum atomic E-state index is 12.6. The average Bonchev–Trinajstić information content (AvgIpc) is 3.51. The predicted molar refractivity (Wildman–Crippen MR) is 375 cm³/mol. The predicted octanol–water partition coefficient (Wildman–Crippen LogP) is 25.4. The fourth-order valence-corrected chi connectivity index (χ4v) is 12.2. The molecule has 2 unspecified atom stereocenters. The molecule has 0 spiro atoms. The summed E-state index contributed by atoms with van der Waals surface area (Å²) in [6.07, 6.45) is 96.6. The van der Waals surface area contributed by atoms with E-state index >= 15 is 0 Å². The number of amides is 1. The van der Waals surface area contributed by atoms with Gasteiger partial charge in [0.05, 0.1) is 25.4 Å². The molecule has 0 aliphatic carbocycles. The number of unbranched alkanes of at least 4 members (excludes halogenated alkanes) is 56. The number of aliphatic hydroxyl groups excluding tert-OH is 2. The average molecular weight is 1200 g/mol. The van der Waals surface area contributed by atoms with E-state index in [0.29, 0.717) is 25.9 Å². The van der Waals surface area contributed by atoms with E-state index in [1.807, 2.05) is 0 Å². The van der Waals surface area contributed by atoms with Crippen LogP contribution in [0, 0.1) is 0 Å². The third kappa shape index (κ3) is 71.0. The summed E-state index contributed by atoms with van der Waals surface area (Å²) >= 11 is 0. The van der Waals surface area contributed by atoms with Gasteiger partial charge in [-0.15, -0.1) is 0 Å². The summed E-state index contributed by atoms with van der Waals surface area (Å²) < 4.78 is 5.48. The molecule has 0 aliphatic heterocycles. The number of hydrogen-bond acceptors (Lipinski definition) is 5. The van der Waals surface area contributed by atoms with Crippen LogP contribution in [0.2, 0.25) is 0 Å². The van der Waals surface area contributed by atoms with Gasteiger partial charge in [-0.2, -0.15) is 0 Å². The van der Waals surface area contributed by atoms with Crippen LogP contribution in [0.3, 0.4) is 0 Å². The van der Waals surface area contributed by atoms with E-state index in [0.717, 1.165) is 51.4 Å². The van der Waals surface area contributed by atoms with E-state index in [-0.39, 0.29) is 18.5 Å². The monoisotopic (exact) mass is 1190 g/mol. The van der Waals surface area contributed by atoms with Gasteiger partial charge in [0.2, 0.25) is 5.91 Å². The number of esters is 1.